The van der Waals surface area contributed by atoms with Crippen molar-refractivity contribution in [2.24, 2.45) is 11.0 Å². The third-order valence-corrected chi connectivity index (χ3v) is 8.86. The molecule has 0 fully saturated rings. The fraction of sp³-hybridized carbons (Fsp3) is 0.132. The van der Waals surface area contributed by atoms with E-state index < -0.39 is 5.54 Å². The molecule has 1 aliphatic heterocycles. The summed E-state index contributed by atoms with van der Waals surface area (Å²) in [5.74, 6) is 1.18. The smallest absolute Gasteiger partial charge is 0.205 e. The van der Waals surface area contributed by atoms with Crippen molar-refractivity contribution in [1.29, 1.82) is 0 Å². The maximum Gasteiger partial charge on any atom is 0.205 e. The van der Waals surface area contributed by atoms with E-state index in [9.17, 15) is 4.39 Å². The predicted molar refractivity (Wildman–Crippen MR) is 179 cm³/mol. The fourth-order valence-corrected chi connectivity index (χ4v) is 6.71. The molecule has 0 radical (unpaired) electrons. The molecule has 1 aliphatic carbocycles. The molecule has 0 spiro atoms. The van der Waals surface area contributed by atoms with Crippen molar-refractivity contribution in [2.45, 2.75) is 18.9 Å². The highest BCUT2D eigenvalue weighted by atomic mass is 19.1. The van der Waals surface area contributed by atoms with Crippen LogP contribution in [0.4, 0.5) is 10.2 Å². The van der Waals surface area contributed by atoms with Crippen LogP contribution in [0.25, 0.3) is 28.0 Å². The monoisotopic (exact) mass is 606 g/mol. The van der Waals surface area contributed by atoms with Crippen molar-refractivity contribution < 1.29 is 9.13 Å². The first-order chi connectivity index (χ1) is 22.6. The molecule has 3 aromatic heterocycles. The van der Waals surface area contributed by atoms with Crippen molar-refractivity contribution in [3.05, 3.63) is 157 Å². The Morgan fingerprint density at radius 3 is 2.20 bits per heavy atom. The molecule has 8 heteroatoms. The number of aromatic nitrogens is 4. The first-order valence-electron chi connectivity index (χ1n) is 15.3. The normalized spacial score (nSPS) is 16.2. The minimum atomic E-state index is -0.680. The van der Waals surface area contributed by atoms with Crippen LogP contribution in [0, 0.1) is 11.7 Å². The van der Waals surface area contributed by atoms with Crippen molar-refractivity contribution in [2.75, 3.05) is 11.7 Å². The maximum absolute atomic E-state index is 14.2. The molecule has 0 saturated carbocycles. The van der Waals surface area contributed by atoms with E-state index in [1.807, 2.05) is 29.5 Å². The van der Waals surface area contributed by atoms with Crippen LogP contribution in [0.2, 0.25) is 0 Å². The highest BCUT2D eigenvalue weighted by molar-refractivity contribution is 5.81. The van der Waals surface area contributed by atoms with Crippen LogP contribution in [0.1, 0.15) is 24.5 Å². The number of imidazole rings is 1. The van der Waals surface area contributed by atoms with E-state index in [1.54, 1.807) is 23.3 Å². The van der Waals surface area contributed by atoms with Crippen LogP contribution in [0.15, 0.2) is 145 Å². The second kappa shape index (κ2) is 11.3. The summed E-state index contributed by atoms with van der Waals surface area (Å²) < 4.78 is 23.9. The molecule has 3 aromatic carbocycles. The lowest BCUT2D eigenvalue weighted by molar-refractivity contribution is 0.293. The Morgan fingerprint density at radius 2 is 1.54 bits per heavy atom. The van der Waals surface area contributed by atoms with Gasteiger partial charge in [0.25, 0.3) is 0 Å². The van der Waals surface area contributed by atoms with Gasteiger partial charge in [-0.3, -0.25) is 9.08 Å². The third-order valence-electron chi connectivity index (χ3n) is 8.86. The van der Waals surface area contributed by atoms with E-state index in [2.05, 4.69) is 106 Å². The number of pyridine rings is 1. The minimum Gasteiger partial charge on any atom is -0.457 e. The van der Waals surface area contributed by atoms with E-state index in [-0.39, 0.29) is 11.7 Å². The van der Waals surface area contributed by atoms with Crippen LogP contribution < -0.4 is 5.01 Å². The second-order valence-corrected chi connectivity index (χ2v) is 11.6. The van der Waals surface area contributed by atoms with Gasteiger partial charge in [0.15, 0.2) is 12.5 Å². The number of rotatable bonds is 7. The van der Waals surface area contributed by atoms with Crippen molar-refractivity contribution in [3.63, 3.8) is 0 Å². The molecular weight excluding hydrogens is 575 g/mol. The van der Waals surface area contributed by atoms with Gasteiger partial charge in [-0.05, 0) is 53.9 Å². The van der Waals surface area contributed by atoms with Gasteiger partial charge in [0.1, 0.15) is 22.7 Å². The molecule has 8 rings (SSSR count). The largest absolute Gasteiger partial charge is 0.457 e. The predicted octanol–water partition coefficient (Wildman–Crippen LogP) is 8.06. The first-order valence-corrected chi connectivity index (χ1v) is 15.3. The van der Waals surface area contributed by atoms with E-state index in [1.165, 1.54) is 12.1 Å². The molecule has 6 aromatic rings. The Labute approximate surface area is 266 Å². The molecule has 0 N–H and O–H groups in total. The number of fused-ring (bicyclic) bond motifs is 1. The number of allylic oxidation sites excluding steroid dienone is 4. The van der Waals surface area contributed by atoms with Gasteiger partial charge in [-0.15, -0.1) is 5.10 Å². The third kappa shape index (κ3) is 4.61. The van der Waals surface area contributed by atoms with Crippen molar-refractivity contribution >= 4 is 17.4 Å². The zero-order valence-corrected chi connectivity index (χ0v) is 25.2. The van der Waals surface area contributed by atoms with E-state index in [0.29, 0.717) is 12.6 Å². The minimum absolute atomic E-state index is 0.0649. The summed E-state index contributed by atoms with van der Waals surface area (Å²) in [5, 5.41) is 11.7. The Balaban J connectivity index is 1.40. The Kier molecular flexibility index (Phi) is 6.82. The summed E-state index contributed by atoms with van der Waals surface area (Å²) in [6.45, 7) is 2.16. The number of halogens is 1. The summed E-state index contributed by atoms with van der Waals surface area (Å²) in [7, 11) is 0. The van der Waals surface area contributed by atoms with Crippen LogP contribution in [-0.2, 0) is 10.3 Å². The van der Waals surface area contributed by atoms with Crippen LogP contribution >= 0.6 is 0 Å². The maximum atomic E-state index is 14.2. The summed E-state index contributed by atoms with van der Waals surface area (Å²) in [5.41, 5.74) is 5.79. The number of hydrogen-bond donors (Lipinski definition) is 0. The lowest BCUT2D eigenvalue weighted by atomic mass is 9.70. The summed E-state index contributed by atoms with van der Waals surface area (Å²) >= 11 is 0. The highest BCUT2D eigenvalue weighted by Crippen LogP contribution is 2.46. The molecular formula is C38H31FN6O. The van der Waals surface area contributed by atoms with Gasteiger partial charge >= 0.3 is 0 Å². The quantitative estimate of drug-likeness (QED) is 0.185. The van der Waals surface area contributed by atoms with Crippen molar-refractivity contribution in [3.8, 4) is 22.4 Å². The van der Waals surface area contributed by atoms with Gasteiger partial charge in [0, 0.05) is 41.9 Å². The number of anilines is 1. The van der Waals surface area contributed by atoms with Gasteiger partial charge in [0.05, 0.1) is 6.20 Å². The Hall–Kier alpha value is -5.76. The summed E-state index contributed by atoms with van der Waals surface area (Å²) in [6, 6.07) is 31.8. The molecule has 1 atom stereocenters. The van der Waals surface area contributed by atoms with Crippen molar-refractivity contribution in [1.82, 2.24) is 19.2 Å². The molecule has 7 nitrogen and oxygen atoms in total. The highest BCUT2D eigenvalue weighted by Gasteiger charge is 2.44. The molecule has 4 heterocycles. The van der Waals surface area contributed by atoms with Gasteiger partial charge in [0.2, 0.25) is 5.90 Å². The SMILES string of the molecule is CC1=NN(c2cnc3ccc(-c4cn(C(c5ccccc5)(c5ccccc5)C5C=CC=CC5)nc4-c4ccc(F)cc4)cn23)CO1. The standard InChI is InChI=1S/C38H31FN6O/c1-27-41-44(26-46-27)36-23-40-35-22-19-29(24-43(35)36)34-25-45(42-37(34)28-17-20-33(39)21-18-28)38(30-11-5-2-6-12-30,31-13-7-3-8-14-31)32-15-9-4-10-16-32/h2-15,17-25,32H,16,26H2,1H3. The second-order valence-electron chi connectivity index (χ2n) is 11.6. The molecule has 226 valence electrons. The van der Waals surface area contributed by atoms with Gasteiger partial charge < -0.3 is 4.74 Å². The lowest BCUT2D eigenvalue weighted by Crippen LogP contribution is -2.43. The van der Waals surface area contributed by atoms with Crippen LogP contribution in [-0.4, -0.2) is 31.8 Å². The van der Waals surface area contributed by atoms with Crippen LogP contribution in [0.3, 0.4) is 0 Å². The van der Waals surface area contributed by atoms with Gasteiger partial charge in [-0.1, -0.05) is 85.0 Å². The molecule has 1 unspecified atom stereocenters. The Bertz CT molecular complexity index is 2070. The van der Waals surface area contributed by atoms with E-state index in [0.717, 1.165) is 51.4 Å². The van der Waals surface area contributed by atoms with E-state index >= 15 is 0 Å². The molecule has 0 amide bonds. The fourth-order valence-electron chi connectivity index (χ4n) is 6.71. The van der Waals surface area contributed by atoms with Gasteiger partial charge in [-0.2, -0.15) is 5.10 Å². The first kappa shape index (κ1) is 27.8. The zero-order chi connectivity index (χ0) is 31.1. The number of hydrazone groups is 1. The molecule has 46 heavy (non-hydrogen) atoms. The Morgan fingerprint density at radius 1 is 0.826 bits per heavy atom. The molecule has 2 aliphatic rings. The zero-order valence-electron chi connectivity index (χ0n) is 25.2. The number of ether oxygens (including phenoxy) is 1. The topological polar surface area (TPSA) is 60.0 Å². The van der Waals surface area contributed by atoms with Crippen LogP contribution in [0.5, 0.6) is 0 Å². The lowest BCUT2D eigenvalue weighted by Gasteiger charge is -2.41. The number of nitrogens with zero attached hydrogens (tertiary/aromatic N) is 6. The number of hydrogen-bond acceptors (Lipinski definition) is 5. The van der Waals surface area contributed by atoms with E-state index in [4.69, 9.17) is 9.84 Å². The average Bonchev–Trinajstić information content (AvgIpc) is 3.85. The average molecular weight is 607 g/mol. The summed E-state index contributed by atoms with van der Waals surface area (Å²) in [4.78, 5) is 4.62. The molecule has 0 saturated heterocycles. The van der Waals surface area contributed by atoms with Gasteiger partial charge in [-0.25, -0.2) is 14.4 Å². The summed E-state index contributed by atoms with van der Waals surface area (Å²) in [6.07, 6.45) is 15.6. The number of benzene rings is 3. The molecule has 0 bridgehead atoms.